The molecule has 0 amide bonds. The van der Waals surface area contributed by atoms with Gasteiger partial charge >= 0.3 is 0 Å². The van der Waals surface area contributed by atoms with E-state index in [1.807, 2.05) is 57.3 Å². The highest BCUT2D eigenvalue weighted by atomic mass is 16.5. The predicted molar refractivity (Wildman–Crippen MR) is 141 cm³/mol. The third-order valence-corrected chi connectivity index (χ3v) is 6.33. The molecule has 178 valence electrons. The molecular weight excluding hydrogens is 440 g/mol. The molecule has 5 rings (SSSR count). The Labute approximate surface area is 203 Å². The monoisotopic (exact) mass is 468 g/mol. The fraction of sp³-hybridized carbons (Fsp3) is 0.222. The van der Waals surface area contributed by atoms with Crippen molar-refractivity contribution in [1.29, 1.82) is 5.41 Å². The lowest BCUT2D eigenvalue weighted by molar-refractivity contribution is 0.393. The van der Waals surface area contributed by atoms with Crippen LogP contribution in [0.2, 0.25) is 0 Å². The number of fused-ring (bicyclic) bond motifs is 3. The first-order valence-corrected chi connectivity index (χ1v) is 11.4. The van der Waals surface area contributed by atoms with Gasteiger partial charge in [-0.25, -0.2) is 0 Å². The molecular formula is C27H28N6O2. The molecule has 0 saturated carbocycles. The number of aryl methyl sites for hydroxylation is 2. The van der Waals surface area contributed by atoms with Crippen molar-refractivity contribution < 1.29 is 9.26 Å². The Bertz CT molecular complexity index is 1490. The number of nitrogens with zero attached hydrogens (tertiary/aromatic N) is 2. The van der Waals surface area contributed by atoms with Gasteiger partial charge in [0, 0.05) is 34.8 Å². The molecule has 8 nitrogen and oxygen atoms in total. The van der Waals surface area contributed by atoms with Gasteiger partial charge in [0.1, 0.15) is 24.0 Å². The van der Waals surface area contributed by atoms with Gasteiger partial charge in [-0.2, -0.15) is 0 Å². The first-order chi connectivity index (χ1) is 16.9. The third kappa shape index (κ3) is 3.67. The maximum absolute atomic E-state index is 8.68. The van der Waals surface area contributed by atoms with E-state index in [0.717, 1.165) is 67.4 Å². The molecule has 0 unspecified atom stereocenters. The molecule has 2 aromatic carbocycles. The molecule has 35 heavy (non-hydrogen) atoms. The van der Waals surface area contributed by atoms with Crippen LogP contribution in [0.1, 0.15) is 29.5 Å². The van der Waals surface area contributed by atoms with Gasteiger partial charge in [0.25, 0.3) is 0 Å². The highest BCUT2D eigenvalue weighted by Crippen LogP contribution is 2.41. The zero-order valence-corrected chi connectivity index (χ0v) is 20.5. The second-order valence-corrected chi connectivity index (χ2v) is 8.50. The van der Waals surface area contributed by atoms with E-state index in [0.29, 0.717) is 18.1 Å². The fourth-order valence-corrected chi connectivity index (χ4v) is 4.81. The standard InChI is InChI=1S/C27H28N6O2/c1-14(28)22(25(29-4)17-9-7-6-8-10-17)26-24-18-12-21(34-5)19(23-15(2)33-35-16(23)3)11-20(18)32-27(24)31-13-30-26/h6-12,28-29,31-32H,13H2,1-5H3/b25-22+,28-14?. The molecule has 0 radical (unpaired) electrons. The van der Waals surface area contributed by atoms with Crippen molar-refractivity contribution in [3.05, 3.63) is 70.6 Å². The number of H-pyrrole nitrogens is 1. The highest BCUT2D eigenvalue weighted by Gasteiger charge is 2.28. The molecule has 0 fully saturated rings. The summed E-state index contributed by atoms with van der Waals surface area (Å²) in [7, 11) is 3.54. The van der Waals surface area contributed by atoms with Crippen molar-refractivity contribution in [2.75, 3.05) is 26.1 Å². The van der Waals surface area contributed by atoms with Crippen LogP contribution in [0.5, 0.6) is 5.75 Å². The Balaban J connectivity index is 1.76. The number of hydrogen-bond donors (Lipinski definition) is 4. The van der Waals surface area contributed by atoms with Crippen LogP contribution in [0.4, 0.5) is 5.82 Å². The Hall–Kier alpha value is -4.33. The van der Waals surface area contributed by atoms with E-state index in [9.17, 15) is 0 Å². The summed E-state index contributed by atoms with van der Waals surface area (Å²) in [5.41, 5.74) is 8.30. The third-order valence-electron chi connectivity index (χ3n) is 6.33. The minimum atomic E-state index is 0.408. The van der Waals surface area contributed by atoms with Crippen LogP contribution in [0, 0.1) is 19.3 Å². The Morgan fingerprint density at radius 1 is 1.14 bits per heavy atom. The molecule has 2 aromatic heterocycles. The Morgan fingerprint density at radius 3 is 2.54 bits per heavy atom. The van der Waals surface area contributed by atoms with Gasteiger partial charge in [-0.3, -0.25) is 4.99 Å². The molecule has 1 aliphatic rings. The summed E-state index contributed by atoms with van der Waals surface area (Å²) in [6, 6.07) is 14.1. The number of allylic oxidation sites excluding steroid dienone is 1. The quantitative estimate of drug-likeness (QED) is 0.287. The molecule has 4 N–H and O–H groups in total. The topological polar surface area (TPSA) is 111 Å². The number of rotatable bonds is 6. The van der Waals surface area contributed by atoms with E-state index in [1.165, 1.54) is 0 Å². The van der Waals surface area contributed by atoms with Crippen LogP contribution in [-0.2, 0) is 0 Å². The van der Waals surface area contributed by atoms with E-state index in [4.69, 9.17) is 19.7 Å². The molecule has 1 aliphatic heterocycles. The second-order valence-electron chi connectivity index (χ2n) is 8.50. The lowest BCUT2D eigenvalue weighted by atomic mass is 9.92. The number of anilines is 1. The lowest BCUT2D eigenvalue weighted by Crippen LogP contribution is -2.23. The van der Waals surface area contributed by atoms with Crippen molar-refractivity contribution in [3.63, 3.8) is 0 Å². The van der Waals surface area contributed by atoms with Crippen LogP contribution >= 0.6 is 0 Å². The zero-order valence-electron chi connectivity index (χ0n) is 20.5. The largest absolute Gasteiger partial charge is 0.496 e. The molecule has 0 bridgehead atoms. The number of hydrogen-bond acceptors (Lipinski definition) is 7. The van der Waals surface area contributed by atoms with E-state index in [1.54, 1.807) is 14.0 Å². The van der Waals surface area contributed by atoms with Crippen LogP contribution in [-0.4, -0.2) is 42.4 Å². The average molecular weight is 469 g/mol. The van der Waals surface area contributed by atoms with E-state index in [-0.39, 0.29) is 0 Å². The maximum Gasteiger partial charge on any atom is 0.141 e. The summed E-state index contributed by atoms with van der Waals surface area (Å²) >= 11 is 0. The summed E-state index contributed by atoms with van der Waals surface area (Å²) in [5.74, 6) is 2.32. The summed E-state index contributed by atoms with van der Waals surface area (Å²) < 4.78 is 11.2. The fourth-order valence-electron chi connectivity index (χ4n) is 4.81. The van der Waals surface area contributed by atoms with Crippen molar-refractivity contribution in [2.45, 2.75) is 20.8 Å². The minimum absolute atomic E-state index is 0.408. The zero-order chi connectivity index (χ0) is 24.7. The molecule has 4 aromatic rings. The number of benzene rings is 2. The van der Waals surface area contributed by atoms with Crippen molar-refractivity contribution >= 4 is 33.8 Å². The number of aromatic amines is 1. The van der Waals surface area contributed by atoms with Crippen molar-refractivity contribution in [1.82, 2.24) is 15.5 Å². The summed E-state index contributed by atoms with van der Waals surface area (Å²) in [6.07, 6.45) is 0. The maximum atomic E-state index is 8.68. The summed E-state index contributed by atoms with van der Waals surface area (Å²) in [6.45, 7) is 6.03. The van der Waals surface area contributed by atoms with Gasteiger partial charge in [-0.05, 0) is 38.5 Å². The number of nitrogens with one attached hydrogen (secondary N) is 4. The molecule has 0 atom stereocenters. The lowest BCUT2D eigenvalue weighted by Gasteiger charge is -2.21. The highest BCUT2D eigenvalue weighted by molar-refractivity contribution is 6.37. The first kappa shape index (κ1) is 22.5. The van der Waals surface area contributed by atoms with Crippen LogP contribution < -0.4 is 15.4 Å². The minimum Gasteiger partial charge on any atom is -0.496 e. The normalized spacial score (nSPS) is 13.6. The number of aromatic nitrogens is 2. The van der Waals surface area contributed by atoms with E-state index in [2.05, 4.69) is 26.8 Å². The summed E-state index contributed by atoms with van der Waals surface area (Å²) in [4.78, 5) is 8.36. The Morgan fingerprint density at radius 2 is 1.91 bits per heavy atom. The average Bonchev–Trinajstić information content (AvgIpc) is 3.40. The van der Waals surface area contributed by atoms with Gasteiger partial charge in [0.05, 0.1) is 35.3 Å². The molecule has 0 spiro atoms. The Kier molecular flexibility index (Phi) is 5.64. The van der Waals surface area contributed by atoms with Crippen LogP contribution in [0.15, 0.2) is 57.6 Å². The number of methoxy groups -OCH3 is 1. The van der Waals surface area contributed by atoms with Gasteiger partial charge < -0.3 is 30.3 Å². The van der Waals surface area contributed by atoms with Crippen LogP contribution in [0.3, 0.4) is 0 Å². The van der Waals surface area contributed by atoms with E-state index < -0.39 is 0 Å². The molecule has 8 heteroatoms. The SMILES string of the molecule is CN/C(=C(\C(C)=N)C1=NCNc2[nH]c3cc(-c4c(C)noc4C)c(OC)cc3c21)c1ccccc1. The molecule has 0 saturated heterocycles. The van der Waals surface area contributed by atoms with Crippen LogP contribution in [0.25, 0.3) is 27.7 Å². The van der Waals surface area contributed by atoms with Crippen molar-refractivity contribution in [3.8, 4) is 16.9 Å². The van der Waals surface area contributed by atoms with Gasteiger partial charge in [-0.1, -0.05) is 35.5 Å². The number of aliphatic imine (C=N–C) groups is 1. The first-order valence-electron chi connectivity index (χ1n) is 11.4. The van der Waals surface area contributed by atoms with Gasteiger partial charge in [-0.15, -0.1) is 0 Å². The number of ether oxygens (including phenoxy) is 1. The smallest absolute Gasteiger partial charge is 0.141 e. The molecule has 3 heterocycles. The second kappa shape index (κ2) is 8.79. The van der Waals surface area contributed by atoms with E-state index >= 15 is 0 Å². The molecule has 0 aliphatic carbocycles. The van der Waals surface area contributed by atoms with Gasteiger partial charge in [0.15, 0.2) is 0 Å². The van der Waals surface area contributed by atoms with Crippen molar-refractivity contribution in [2.24, 2.45) is 4.99 Å². The summed E-state index contributed by atoms with van der Waals surface area (Å²) in [5, 5.41) is 20.4. The predicted octanol–water partition coefficient (Wildman–Crippen LogP) is 5.29. The van der Waals surface area contributed by atoms with Gasteiger partial charge in [0.2, 0.25) is 0 Å².